The van der Waals surface area contributed by atoms with Crippen molar-refractivity contribution in [1.29, 1.82) is 0 Å². The maximum absolute atomic E-state index is 12.0. The van der Waals surface area contributed by atoms with E-state index in [1.165, 1.54) is 6.08 Å². The highest BCUT2D eigenvalue weighted by Gasteiger charge is 2.24. The molecule has 1 aromatic rings. The minimum atomic E-state index is -0.261. The molecule has 0 aliphatic carbocycles. The number of nitrogen functional groups attached to an aromatic ring is 1. The molecule has 1 saturated heterocycles. The van der Waals surface area contributed by atoms with Crippen LogP contribution in [-0.2, 0) is 11.2 Å². The number of carbonyl (C=O) groups is 1. The van der Waals surface area contributed by atoms with E-state index in [9.17, 15) is 9.18 Å². The summed E-state index contributed by atoms with van der Waals surface area (Å²) in [7, 11) is 0. The van der Waals surface area contributed by atoms with E-state index in [0.717, 1.165) is 18.4 Å². The van der Waals surface area contributed by atoms with Gasteiger partial charge in [-0.2, -0.15) is 4.98 Å². The van der Waals surface area contributed by atoms with Crippen molar-refractivity contribution in [1.82, 2.24) is 14.9 Å². The minimum absolute atomic E-state index is 0.190. The van der Waals surface area contributed by atoms with Crippen LogP contribution in [0.2, 0.25) is 0 Å². The van der Waals surface area contributed by atoms with Crippen LogP contribution < -0.4 is 11.1 Å². The highest BCUT2D eigenvalue weighted by atomic mass is 19.1. The van der Waals surface area contributed by atoms with E-state index in [4.69, 9.17) is 10.5 Å². The standard InChI is InChI=1S/C16H24FN5O2/c1-2-24-16(23)22-9-6-13(7-10-22)20-15-19-11-12(14(18)21-15)5-3-4-8-17/h4,8,11,13H,2-3,5-7,9-10H2,1H3,(H3,18,19,20,21)/b8-4+. The molecule has 132 valence electrons. The normalized spacial score (nSPS) is 15.7. The van der Waals surface area contributed by atoms with E-state index < -0.39 is 0 Å². The molecule has 1 aromatic heterocycles. The zero-order valence-electron chi connectivity index (χ0n) is 13.9. The molecule has 3 N–H and O–H groups in total. The van der Waals surface area contributed by atoms with Gasteiger partial charge < -0.3 is 20.7 Å². The van der Waals surface area contributed by atoms with Crippen LogP contribution in [0.5, 0.6) is 0 Å². The van der Waals surface area contributed by atoms with Gasteiger partial charge in [-0.1, -0.05) is 6.08 Å². The van der Waals surface area contributed by atoms with Crippen LogP contribution in [0.1, 0.15) is 31.7 Å². The SMILES string of the molecule is CCOC(=O)N1CCC(Nc2ncc(CC/C=C/F)c(N)n2)CC1. The van der Waals surface area contributed by atoms with Crippen molar-refractivity contribution in [2.45, 2.75) is 38.6 Å². The second kappa shape index (κ2) is 9.05. The monoisotopic (exact) mass is 337 g/mol. The van der Waals surface area contributed by atoms with Gasteiger partial charge in [-0.25, -0.2) is 14.2 Å². The molecule has 0 spiro atoms. The Morgan fingerprint density at radius 2 is 2.29 bits per heavy atom. The summed E-state index contributed by atoms with van der Waals surface area (Å²) in [5.74, 6) is 0.885. The Morgan fingerprint density at radius 3 is 2.92 bits per heavy atom. The Kier molecular flexibility index (Phi) is 6.77. The Labute approximate surface area is 141 Å². The summed E-state index contributed by atoms with van der Waals surface area (Å²) in [6, 6.07) is 0.190. The summed E-state index contributed by atoms with van der Waals surface area (Å²) in [5.41, 5.74) is 6.73. The van der Waals surface area contributed by atoms with Crippen molar-refractivity contribution in [3.8, 4) is 0 Å². The number of hydrogen-bond acceptors (Lipinski definition) is 6. The van der Waals surface area contributed by atoms with Crippen molar-refractivity contribution < 1.29 is 13.9 Å². The van der Waals surface area contributed by atoms with Crippen LogP contribution in [0.4, 0.5) is 21.0 Å². The zero-order chi connectivity index (χ0) is 17.4. The number of hydrogen-bond donors (Lipinski definition) is 2. The lowest BCUT2D eigenvalue weighted by Crippen LogP contribution is -2.42. The maximum atomic E-state index is 12.0. The third kappa shape index (κ3) is 5.07. The summed E-state index contributed by atoms with van der Waals surface area (Å²) in [6.45, 7) is 3.46. The number of likely N-dealkylation sites (tertiary alicyclic amines) is 1. The zero-order valence-corrected chi connectivity index (χ0v) is 13.9. The van der Waals surface area contributed by atoms with E-state index in [1.807, 2.05) is 0 Å². The van der Waals surface area contributed by atoms with Crippen molar-refractivity contribution in [2.24, 2.45) is 0 Å². The fraction of sp³-hybridized carbons (Fsp3) is 0.562. The van der Waals surface area contributed by atoms with E-state index in [0.29, 0.717) is 50.6 Å². The number of allylic oxidation sites excluding steroid dienone is 1. The molecule has 1 fully saturated rings. The number of piperidine rings is 1. The molecule has 1 aliphatic rings. The molecule has 1 amide bonds. The van der Waals surface area contributed by atoms with Gasteiger partial charge in [-0.05, 0) is 32.6 Å². The molecule has 7 nitrogen and oxygen atoms in total. The van der Waals surface area contributed by atoms with Crippen molar-refractivity contribution in [2.75, 3.05) is 30.7 Å². The number of carbonyl (C=O) groups excluding carboxylic acids is 1. The van der Waals surface area contributed by atoms with Gasteiger partial charge >= 0.3 is 6.09 Å². The molecular formula is C16H24FN5O2. The number of rotatable bonds is 6. The smallest absolute Gasteiger partial charge is 0.409 e. The lowest BCUT2D eigenvalue weighted by atomic mass is 10.1. The number of amides is 1. The molecule has 24 heavy (non-hydrogen) atoms. The van der Waals surface area contributed by atoms with Crippen molar-refractivity contribution >= 4 is 17.9 Å². The quantitative estimate of drug-likeness (QED) is 0.828. The number of nitrogens with two attached hydrogens (primary N) is 1. The average Bonchev–Trinajstić information content (AvgIpc) is 2.58. The second-order valence-corrected chi connectivity index (χ2v) is 5.61. The van der Waals surface area contributed by atoms with Crippen molar-refractivity contribution in [3.05, 3.63) is 24.2 Å². The molecule has 0 radical (unpaired) electrons. The minimum Gasteiger partial charge on any atom is -0.450 e. The molecule has 0 unspecified atom stereocenters. The number of nitrogens with one attached hydrogen (secondary N) is 1. The fourth-order valence-electron chi connectivity index (χ4n) is 2.59. The van der Waals surface area contributed by atoms with Gasteiger partial charge in [0.2, 0.25) is 5.95 Å². The lowest BCUT2D eigenvalue weighted by molar-refractivity contribution is 0.0983. The number of halogens is 1. The summed E-state index contributed by atoms with van der Waals surface area (Å²) < 4.78 is 17.0. The molecule has 2 rings (SSSR count). The summed E-state index contributed by atoms with van der Waals surface area (Å²) in [5, 5.41) is 3.25. The van der Waals surface area contributed by atoms with Gasteiger partial charge in [0.25, 0.3) is 0 Å². The van der Waals surface area contributed by atoms with Gasteiger partial charge in [-0.3, -0.25) is 0 Å². The Morgan fingerprint density at radius 1 is 1.54 bits per heavy atom. The van der Waals surface area contributed by atoms with Crippen LogP contribution >= 0.6 is 0 Å². The predicted molar refractivity (Wildman–Crippen MR) is 90.3 cm³/mol. The van der Waals surface area contributed by atoms with E-state index >= 15 is 0 Å². The summed E-state index contributed by atoms with van der Waals surface area (Å²) in [4.78, 5) is 21.9. The highest BCUT2D eigenvalue weighted by molar-refractivity contribution is 5.67. The van der Waals surface area contributed by atoms with Gasteiger partial charge in [0, 0.05) is 30.9 Å². The Hall–Kier alpha value is -2.38. The Bertz CT molecular complexity index is 574. The van der Waals surface area contributed by atoms with Gasteiger partial charge in [0.05, 0.1) is 12.9 Å². The van der Waals surface area contributed by atoms with Gasteiger partial charge in [0.15, 0.2) is 0 Å². The van der Waals surface area contributed by atoms with Crippen molar-refractivity contribution in [3.63, 3.8) is 0 Å². The van der Waals surface area contributed by atoms with E-state index in [-0.39, 0.29) is 12.1 Å². The first kappa shape index (κ1) is 18.0. The largest absolute Gasteiger partial charge is 0.450 e. The summed E-state index contributed by atoms with van der Waals surface area (Å²) in [6.07, 6.45) is 6.12. The van der Waals surface area contributed by atoms with Crippen LogP contribution in [0.3, 0.4) is 0 Å². The average molecular weight is 337 g/mol. The molecule has 0 atom stereocenters. The molecule has 2 heterocycles. The lowest BCUT2D eigenvalue weighted by Gasteiger charge is -2.31. The number of aromatic nitrogens is 2. The van der Waals surface area contributed by atoms with E-state index in [2.05, 4.69) is 15.3 Å². The van der Waals surface area contributed by atoms with Gasteiger partial charge in [-0.15, -0.1) is 0 Å². The summed E-state index contributed by atoms with van der Waals surface area (Å²) >= 11 is 0. The van der Waals surface area contributed by atoms with Crippen LogP contribution in [0, 0.1) is 0 Å². The first-order chi connectivity index (χ1) is 11.6. The Balaban J connectivity index is 1.84. The molecule has 0 aromatic carbocycles. The number of nitrogens with zero attached hydrogens (tertiary/aromatic N) is 3. The second-order valence-electron chi connectivity index (χ2n) is 5.61. The third-order valence-corrected chi connectivity index (χ3v) is 3.92. The van der Waals surface area contributed by atoms with Crippen LogP contribution in [-0.4, -0.2) is 46.7 Å². The predicted octanol–water partition coefficient (Wildman–Crippen LogP) is 2.51. The molecule has 1 aliphatic heterocycles. The van der Waals surface area contributed by atoms with Gasteiger partial charge in [0.1, 0.15) is 5.82 Å². The number of aryl methyl sites for hydroxylation is 1. The van der Waals surface area contributed by atoms with E-state index in [1.54, 1.807) is 18.0 Å². The molecule has 8 heteroatoms. The van der Waals surface area contributed by atoms with Crippen LogP contribution in [0.25, 0.3) is 0 Å². The molecule has 0 bridgehead atoms. The topological polar surface area (TPSA) is 93.4 Å². The number of anilines is 2. The maximum Gasteiger partial charge on any atom is 0.409 e. The van der Waals surface area contributed by atoms with Crippen LogP contribution in [0.15, 0.2) is 18.6 Å². The first-order valence-corrected chi connectivity index (χ1v) is 8.18. The third-order valence-electron chi connectivity index (χ3n) is 3.92. The highest BCUT2D eigenvalue weighted by Crippen LogP contribution is 2.17. The molecular weight excluding hydrogens is 313 g/mol. The molecule has 0 saturated carbocycles. The number of ether oxygens (including phenoxy) is 1. The first-order valence-electron chi connectivity index (χ1n) is 8.18. The fourth-order valence-corrected chi connectivity index (χ4v) is 2.59.